The molecular formula is C67H112BCrF2N3O5-. The molecule has 0 fully saturated rings. The number of halogens is 2. The molecule has 0 spiro atoms. The first-order chi connectivity index (χ1) is 35.2. The van der Waals surface area contributed by atoms with Crippen molar-refractivity contribution >= 4 is 8.41 Å². The van der Waals surface area contributed by atoms with E-state index in [2.05, 4.69) is 117 Å². The van der Waals surface area contributed by atoms with Crippen molar-refractivity contribution in [3.8, 4) is 11.5 Å². The average Bonchev–Trinajstić information content (AvgIpc) is 3.31. The summed E-state index contributed by atoms with van der Waals surface area (Å²) in [6.07, 6.45) is 5.74. The van der Waals surface area contributed by atoms with Crippen LogP contribution in [0.2, 0.25) is 0 Å². The molecule has 0 aliphatic heterocycles. The Morgan fingerprint density at radius 1 is 0.456 bits per heavy atom. The normalized spacial score (nSPS) is 10.5. The van der Waals surface area contributed by atoms with Gasteiger partial charge in [-0.3, -0.25) is 0 Å². The Labute approximate surface area is 498 Å². The van der Waals surface area contributed by atoms with Gasteiger partial charge >= 0.3 is 33.9 Å². The van der Waals surface area contributed by atoms with E-state index in [0.717, 1.165) is 83.6 Å². The van der Waals surface area contributed by atoms with Gasteiger partial charge in [0.1, 0.15) is 23.1 Å². The number of para-hydroxylation sites is 2. The van der Waals surface area contributed by atoms with Crippen molar-refractivity contribution < 1.29 is 49.6 Å². The van der Waals surface area contributed by atoms with Gasteiger partial charge in [0, 0.05) is 43.4 Å². The van der Waals surface area contributed by atoms with Crippen molar-refractivity contribution in [3.63, 3.8) is 0 Å². The molecule has 4 aromatic carbocycles. The monoisotopic (exact) mass is 1140 g/mol. The third-order valence-electron chi connectivity index (χ3n) is 11.8. The van der Waals surface area contributed by atoms with Crippen LogP contribution in [-0.4, -0.2) is 40.3 Å². The molecule has 0 saturated heterocycles. The van der Waals surface area contributed by atoms with Gasteiger partial charge < -0.3 is 34.1 Å². The van der Waals surface area contributed by atoms with Crippen LogP contribution < -0.4 is 26.7 Å². The van der Waals surface area contributed by atoms with E-state index in [1.807, 2.05) is 76.2 Å². The van der Waals surface area contributed by atoms with Gasteiger partial charge in [-0.1, -0.05) is 163 Å². The third kappa shape index (κ3) is 51.9. The van der Waals surface area contributed by atoms with Crippen molar-refractivity contribution in [1.29, 1.82) is 0 Å². The van der Waals surface area contributed by atoms with Crippen molar-refractivity contribution in [3.05, 3.63) is 156 Å². The number of hydrogen-bond acceptors (Lipinski definition) is 5. The van der Waals surface area contributed by atoms with Gasteiger partial charge in [0.2, 0.25) is 0 Å². The van der Waals surface area contributed by atoms with Crippen LogP contribution in [0.5, 0.6) is 11.5 Å². The van der Waals surface area contributed by atoms with E-state index in [0.29, 0.717) is 35.8 Å². The first kappa shape index (κ1) is 94.3. The van der Waals surface area contributed by atoms with Crippen LogP contribution in [0.3, 0.4) is 0 Å². The summed E-state index contributed by atoms with van der Waals surface area (Å²) in [6, 6.07) is 23.8. The number of hydrogen-bond donors (Lipinski definition) is 3. The van der Waals surface area contributed by atoms with E-state index < -0.39 is 0 Å². The van der Waals surface area contributed by atoms with Crippen LogP contribution in [0, 0.1) is 136 Å². The Hall–Kier alpha value is -3.96. The van der Waals surface area contributed by atoms with Crippen LogP contribution in [0.25, 0.3) is 0 Å². The van der Waals surface area contributed by atoms with E-state index in [4.69, 9.17) is 40.6 Å². The van der Waals surface area contributed by atoms with Crippen molar-refractivity contribution in [2.45, 2.75) is 202 Å². The van der Waals surface area contributed by atoms with Gasteiger partial charge in [0.25, 0.3) is 0 Å². The molecule has 0 aliphatic rings. The maximum absolute atomic E-state index is 12.7. The predicted molar refractivity (Wildman–Crippen MR) is 330 cm³/mol. The topological polar surface area (TPSA) is 156 Å². The first-order valence-electron chi connectivity index (χ1n) is 26.8. The minimum Gasteiger partial charge on any atom is -0.358 e. The molecule has 2 atom stereocenters. The van der Waals surface area contributed by atoms with Crippen LogP contribution >= 0.6 is 0 Å². The second kappa shape index (κ2) is 55.9. The zero-order chi connectivity index (χ0) is 61.1. The molecule has 0 heterocycles. The van der Waals surface area contributed by atoms with Gasteiger partial charge in [0.05, 0.1) is 14.2 Å². The molecule has 8 nitrogen and oxygen atoms in total. The molecule has 6 N–H and O–H groups in total. The number of aryl methyl sites for hydroxylation is 8. The van der Waals surface area contributed by atoms with E-state index in [1.54, 1.807) is 66.2 Å². The summed E-state index contributed by atoms with van der Waals surface area (Å²) < 4.78 is 58.3. The molecule has 3 radical (unpaired) electrons. The predicted octanol–water partition coefficient (Wildman–Crippen LogP) is 17.3. The van der Waals surface area contributed by atoms with Crippen LogP contribution in [0.4, 0.5) is 8.78 Å². The fourth-order valence-electron chi connectivity index (χ4n) is 8.34. The molecule has 0 unspecified atom stereocenters. The summed E-state index contributed by atoms with van der Waals surface area (Å²) in [5.74, 6) is 6.84. The summed E-state index contributed by atoms with van der Waals surface area (Å²) in [5, 5.41) is 0. The molecular weight excluding hydrogens is 1030 g/mol. The van der Waals surface area contributed by atoms with Gasteiger partial charge in [0.15, 0.2) is 0 Å². The Bertz CT molecular complexity index is 1890. The second-order valence-corrected chi connectivity index (χ2v) is 22.5. The molecule has 79 heavy (non-hydrogen) atoms. The SMILES string of the molecule is CC(C)CC(C)(N)CC(C)C.CC(C)CC(N)CC(C)C.CC(C)C[C@@H](N)[C@H](C)C(C)C.COc1c(C)cccc1C.COc1c(C)cccc1C.Cc1cccc(C)c1F.Cc1cccc(C)c1F.[B].[C-]#[O+].[C-]#[O+].[C-]#[O+].[CH3-].[Cr]. The fraction of sp³-hybridized carbons (Fsp3) is 0.582. The van der Waals surface area contributed by atoms with E-state index in [-0.39, 0.29) is 50.4 Å². The molecule has 12 heteroatoms. The minimum atomic E-state index is -0.0856. The molecule has 0 amide bonds. The minimum absolute atomic E-state index is 0. The van der Waals surface area contributed by atoms with Gasteiger partial charge in [-0.25, -0.2) is 8.78 Å². The summed E-state index contributed by atoms with van der Waals surface area (Å²) in [7, 11) is 3.41. The molecule has 0 aromatic heterocycles. The second-order valence-electron chi connectivity index (χ2n) is 22.5. The Morgan fingerprint density at radius 2 is 0.671 bits per heavy atom. The Morgan fingerprint density at radius 3 is 0.823 bits per heavy atom. The number of nitrogens with two attached hydrogens (primary N) is 3. The van der Waals surface area contributed by atoms with Gasteiger partial charge in [-0.15, -0.1) is 0 Å². The number of ether oxygens (including phenoxy) is 2. The van der Waals surface area contributed by atoms with Crippen LogP contribution in [0.15, 0.2) is 72.8 Å². The summed E-state index contributed by atoms with van der Waals surface area (Å²) in [4.78, 5) is 0. The largest absolute Gasteiger partial charge is 0.358 e. The van der Waals surface area contributed by atoms with Crippen molar-refractivity contribution in [2.24, 2.45) is 58.6 Å². The summed E-state index contributed by atoms with van der Waals surface area (Å²) in [5.41, 5.74) is 25.7. The summed E-state index contributed by atoms with van der Waals surface area (Å²) in [6.45, 7) is 59.9. The van der Waals surface area contributed by atoms with Crippen molar-refractivity contribution in [2.75, 3.05) is 14.2 Å². The summed E-state index contributed by atoms with van der Waals surface area (Å²) >= 11 is 0. The molecule has 0 saturated carbocycles. The number of benzene rings is 4. The third-order valence-corrected chi connectivity index (χ3v) is 11.8. The fourth-order valence-corrected chi connectivity index (χ4v) is 8.34. The number of methoxy groups -OCH3 is 2. The van der Waals surface area contributed by atoms with E-state index in [9.17, 15) is 8.78 Å². The quantitative estimate of drug-likeness (QED) is 0.0651. The van der Waals surface area contributed by atoms with E-state index in [1.165, 1.54) is 22.3 Å². The molecule has 0 aliphatic carbocycles. The van der Waals surface area contributed by atoms with Crippen LogP contribution in [-0.2, 0) is 31.3 Å². The average molecular weight is 1140 g/mol. The molecule has 449 valence electrons. The molecule has 0 bridgehead atoms. The van der Waals surface area contributed by atoms with Gasteiger partial charge in [-0.2, -0.15) is 0 Å². The van der Waals surface area contributed by atoms with Crippen LogP contribution in [0.1, 0.15) is 174 Å². The Balaban J connectivity index is -0.000000101. The Kier molecular flexibility index (Phi) is 66.8. The maximum atomic E-state index is 12.7. The molecule has 4 rings (SSSR count). The smallest absolute Gasteiger partial charge is 0 e. The zero-order valence-corrected chi connectivity index (χ0v) is 55.4. The standard InChI is InChI=1S/2C10H23N.C9H21N.2C9H12O.2C8H9F.3CO.CH3.B.Cr/c1-8(2)6-10(5,11)7-9(3)4;1-7(2)6-10(11)9(5)8(3)4;1-7(2)5-9(10)6-8(3)4;2*1-7-5-4-6-8(2)9(7)10-3;2*1-6-4-3-5-7(2)8(6)9;3*1-2;;;/h8-9H,6-7,11H2,1-5H3;7-10H,6,11H2,1-5H3;7-9H,5-6,10H2,1-4H3;2*4-6H,1-3H3;2*3-5H,1-2H3;;;;1H3;;/q;;;;;;;;;;-1;;/t;9-,10-;;;;;;;;;;;/m.1.........../s1. The number of rotatable bonds is 14. The first-order valence-corrected chi connectivity index (χ1v) is 26.8. The van der Waals surface area contributed by atoms with Crippen molar-refractivity contribution in [1.82, 2.24) is 0 Å². The zero-order valence-electron chi connectivity index (χ0n) is 54.2. The van der Waals surface area contributed by atoms with E-state index >= 15 is 0 Å². The molecule has 4 aromatic rings. The van der Waals surface area contributed by atoms with Gasteiger partial charge in [-0.05, 0) is 180 Å². The maximum Gasteiger partial charge on any atom is 0 e.